The van der Waals surface area contributed by atoms with Gasteiger partial charge >= 0.3 is 17.9 Å². The number of benzene rings is 3. The van der Waals surface area contributed by atoms with Crippen molar-refractivity contribution in [2.24, 2.45) is 0 Å². The lowest BCUT2D eigenvalue weighted by atomic mass is 10.4. The summed E-state index contributed by atoms with van der Waals surface area (Å²) in [5, 5.41) is 20.4. The van der Waals surface area contributed by atoms with E-state index in [2.05, 4.69) is 159 Å². The van der Waals surface area contributed by atoms with Crippen LogP contribution in [-0.4, -0.2) is 78.4 Å². The second-order valence-corrected chi connectivity index (χ2v) is 21.7. The van der Waals surface area contributed by atoms with Crippen molar-refractivity contribution < 1.29 is 50.3 Å². The highest BCUT2D eigenvalue weighted by atomic mass is 36.0. The van der Waals surface area contributed by atoms with Crippen LogP contribution in [0.2, 0.25) is 0 Å². The molecule has 3 aromatic heterocycles. The van der Waals surface area contributed by atoms with Crippen LogP contribution in [0.4, 0.5) is 0 Å². The van der Waals surface area contributed by atoms with E-state index in [0.29, 0.717) is 20.5 Å². The van der Waals surface area contributed by atoms with Crippen molar-refractivity contribution in [1.29, 1.82) is 5.26 Å². The predicted molar refractivity (Wildman–Crippen MR) is 298 cm³/mol. The highest BCUT2D eigenvalue weighted by Crippen LogP contribution is 2.32. The number of esters is 3. The van der Waals surface area contributed by atoms with Crippen molar-refractivity contribution in [3.05, 3.63) is 157 Å². The summed E-state index contributed by atoms with van der Waals surface area (Å²) in [5.74, 6) is -0.447. The van der Waals surface area contributed by atoms with Gasteiger partial charge in [0, 0.05) is 42.9 Å². The summed E-state index contributed by atoms with van der Waals surface area (Å²) in [6, 6.07) is 44.7. The van der Waals surface area contributed by atoms with Crippen LogP contribution >= 0.6 is 98.1 Å². The van der Waals surface area contributed by atoms with Crippen molar-refractivity contribution in [2.45, 2.75) is 53.5 Å². The van der Waals surface area contributed by atoms with E-state index >= 15 is 0 Å². The summed E-state index contributed by atoms with van der Waals surface area (Å²) in [5.41, 5.74) is 0. The molecule has 0 saturated carbocycles. The fourth-order valence-corrected chi connectivity index (χ4v) is 9.95. The Hall–Kier alpha value is -3.10. The van der Waals surface area contributed by atoms with Crippen molar-refractivity contribution in [3.8, 4) is 6.07 Å². The van der Waals surface area contributed by atoms with Gasteiger partial charge in [-0.15, -0.1) is 68.8 Å². The van der Waals surface area contributed by atoms with E-state index in [4.69, 9.17) is 49.4 Å². The van der Waals surface area contributed by atoms with Crippen LogP contribution in [0.1, 0.15) is 78.3 Å². The van der Waals surface area contributed by atoms with Gasteiger partial charge in [0.15, 0.2) is 0 Å². The fourth-order valence-electron chi connectivity index (χ4n) is 4.96. The van der Waals surface area contributed by atoms with Gasteiger partial charge in [0.05, 0.1) is 45.2 Å². The normalized spacial score (nSPS) is 9.31. The Labute approximate surface area is 460 Å². The van der Waals surface area contributed by atoms with E-state index in [1.54, 1.807) is 30.3 Å². The fraction of sp³-hybridized carbons (Fsp3) is 0.306. The summed E-state index contributed by atoms with van der Waals surface area (Å²) in [6.45, 7) is 13.6. The van der Waals surface area contributed by atoms with Gasteiger partial charge in [-0.3, -0.25) is 0 Å². The van der Waals surface area contributed by atoms with Crippen LogP contribution in [0.3, 0.4) is 0 Å². The predicted octanol–water partition coefficient (Wildman–Crippen LogP) is 10.2. The highest BCUT2D eigenvalue weighted by Gasteiger charge is 2.15. The Bertz CT molecular complexity index is 2050. The minimum Gasteiger partial charge on any atom is -1.00 e. The number of halogens is 6. The molecular formula is C49H60Cl6N2O8PS4-. The number of nitriles is 1. The number of nitrogens with zero attached hydrogens (tertiary/aromatic N) is 2. The first-order valence-corrected chi connectivity index (χ1v) is 28.9. The number of hydrogen-bond donors (Lipinski definition) is 1. The molecule has 0 aliphatic heterocycles. The zero-order valence-corrected chi connectivity index (χ0v) is 48.8. The first-order chi connectivity index (χ1) is 33.2. The zero-order chi connectivity index (χ0) is 52.4. The third-order valence-electron chi connectivity index (χ3n) is 8.17. The maximum absolute atomic E-state index is 10.9. The molecule has 21 heteroatoms. The van der Waals surface area contributed by atoms with Crippen LogP contribution in [-0.2, 0) is 42.3 Å². The lowest BCUT2D eigenvalue weighted by Gasteiger charge is -2.18. The first-order valence-electron chi connectivity index (χ1n) is 20.7. The minimum atomic E-state index is -1.67. The number of alkyl halides is 3. The smallest absolute Gasteiger partial charge is 0.348 e. The molecule has 0 aliphatic rings. The molecule has 0 radical (unpaired) electrons. The largest absolute Gasteiger partial charge is 1.00 e. The number of methoxy groups -OCH3 is 3. The SMILES string of the molecule is CC#N.CCN(CC)CC.CCc1ccc(C(=O)OC)s1.COC(=O)c1ccc(CCl)s1.COC(=O)c1ccc(CO)s1.ClCCl.O=S(Cl)Cl.[Cl-].c1ccc(P(c2ccccc2)c2ccccc2)cc1. The van der Waals surface area contributed by atoms with E-state index in [9.17, 15) is 14.4 Å². The molecule has 70 heavy (non-hydrogen) atoms. The first kappa shape index (κ1) is 71.2. The number of carbonyl (C=O) groups excluding carboxylic acids is 3. The van der Waals surface area contributed by atoms with Crippen LogP contribution in [0.15, 0.2) is 127 Å². The van der Waals surface area contributed by atoms with Crippen LogP contribution in [0, 0.1) is 11.3 Å². The van der Waals surface area contributed by atoms with Crippen molar-refractivity contribution in [2.75, 3.05) is 46.3 Å². The Morgan fingerprint density at radius 3 is 1.07 bits per heavy atom. The molecule has 0 aliphatic carbocycles. The van der Waals surface area contributed by atoms with Gasteiger partial charge in [0.1, 0.15) is 14.6 Å². The molecule has 3 heterocycles. The van der Waals surface area contributed by atoms with E-state index in [1.165, 1.54) is 103 Å². The summed E-state index contributed by atoms with van der Waals surface area (Å²) < 4.78 is 22.7. The van der Waals surface area contributed by atoms with Crippen LogP contribution in [0.25, 0.3) is 0 Å². The molecule has 10 nitrogen and oxygen atoms in total. The van der Waals surface area contributed by atoms with Gasteiger partial charge in [0.25, 0.3) is 0 Å². The number of thiophene rings is 3. The Morgan fingerprint density at radius 1 is 0.600 bits per heavy atom. The van der Waals surface area contributed by atoms with Gasteiger partial charge in [-0.2, -0.15) is 5.26 Å². The number of rotatable bonds is 12. The lowest BCUT2D eigenvalue weighted by molar-refractivity contribution is -0.0000575. The van der Waals surface area contributed by atoms with Crippen molar-refractivity contribution in [1.82, 2.24) is 4.90 Å². The molecular weight excluding hydrogens is 1120 g/mol. The number of ether oxygens (including phenoxy) is 3. The van der Waals surface area contributed by atoms with E-state index in [-0.39, 0.29) is 42.3 Å². The molecule has 0 fully saturated rings. The number of aliphatic hydroxyl groups is 1. The van der Waals surface area contributed by atoms with E-state index in [1.807, 2.05) is 12.1 Å². The van der Waals surface area contributed by atoms with Gasteiger partial charge in [-0.25, -0.2) is 18.6 Å². The third kappa shape index (κ3) is 32.8. The standard InChI is InChI=1S/C18H15P.C8H10O2S.C7H7ClO2S.C7H8O3S.C6H15N.C2H3N.CH2Cl2.Cl2OS.ClH/c1-4-10-16(11-5-1)19(17-12-6-2-7-13-17)18-14-8-3-9-15-18;1-3-6-4-5-7(11-6)8(9)10-2;2*1-10-7(9)6-3-2-5(4-8)11-6;1-4-7(5-2)6-3;1-2-3;2-1-3;1-4(2)3;/h1-15H;4-5H,3H2,1-2H3;2-3H,4H2,1H3;2-3,8H,4H2,1H3;4-6H2,1-3H3;1H3;1H2;;1H/p-1. The minimum absolute atomic E-state index is 0. The molecule has 386 valence electrons. The molecule has 0 saturated heterocycles. The molecule has 6 rings (SSSR count). The molecule has 0 atom stereocenters. The quantitative estimate of drug-likeness (QED) is 0.0414. The summed E-state index contributed by atoms with van der Waals surface area (Å²) in [4.78, 5) is 39.8. The van der Waals surface area contributed by atoms with Gasteiger partial charge in [0.2, 0.25) is 9.23 Å². The molecule has 0 amide bonds. The Kier molecular flexibility index (Phi) is 47.7. The maximum Gasteiger partial charge on any atom is 0.348 e. The topological polar surface area (TPSA) is 143 Å². The van der Waals surface area contributed by atoms with Crippen LogP contribution in [0.5, 0.6) is 0 Å². The number of aliphatic hydroxyl groups excluding tert-OH is 1. The molecule has 1 N–H and O–H groups in total. The monoisotopic (exact) mass is 1170 g/mol. The lowest BCUT2D eigenvalue weighted by Crippen LogP contribution is -3.00. The van der Waals surface area contributed by atoms with Gasteiger partial charge in [-0.05, 0) is 86.3 Å². The average molecular weight is 1180 g/mol. The van der Waals surface area contributed by atoms with Crippen LogP contribution < -0.4 is 28.3 Å². The molecule has 0 unspecified atom stereocenters. The van der Waals surface area contributed by atoms with Crippen molar-refractivity contribution in [3.63, 3.8) is 0 Å². The second kappa shape index (κ2) is 46.9. The third-order valence-corrected chi connectivity index (χ3v) is 14.4. The Balaban J connectivity index is -0.000000785. The van der Waals surface area contributed by atoms with Gasteiger partial charge in [-0.1, -0.05) is 119 Å². The second-order valence-electron chi connectivity index (χ2n) is 12.4. The van der Waals surface area contributed by atoms with E-state index < -0.39 is 17.1 Å². The average Bonchev–Trinajstić information content (AvgIpc) is 4.19. The Morgan fingerprint density at radius 2 is 0.871 bits per heavy atom. The maximum atomic E-state index is 10.9. The summed E-state index contributed by atoms with van der Waals surface area (Å²) in [7, 11) is 11.0. The summed E-state index contributed by atoms with van der Waals surface area (Å²) in [6.07, 6.45) is 0.974. The highest BCUT2D eigenvalue weighted by molar-refractivity contribution is 8.26. The summed E-state index contributed by atoms with van der Waals surface area (Å²) >= 11 is 19.2. The molecule has 0 bridgehead atoms. The number of aryl methyl sites for hydroxylation is 1. The molecule has 3 aromatic carbocycles. The number of hydrogen-bond acceptors (Lipinski definition) is 13. The van der Waals surface area contributed by atoms with Gasteiger partial charge < -0.3 is 36.6 Å². The van der Waals surface area contributed by atoms with E-state index in [0.717, 1.165) is 16.2 Å². The molecule has 6 aromatic rings. The van der Waals surface area contributed by atoms with Crippen molar-refractivity contribution >= 4 is 141 Å². The zero-order valence-electron chi connectivity index (χ0n) is 40.1. The number of carbonyl (C=O) groups is 3. The molecule has 0 spiro atoms.